The minimum absolute atomic E-state index is 0.0131. The van der Waals surface area contributed by atoms with Gasteiger partial charge in [-0.15, -0.1) is 0 Å². The van der Waals surface area contributed by atoms with Crippen molar-refractivity contribution in [3.05, 3.63) is 0 Å². The Morgan fingerprint density at radius 1 is 1.41 bits per heavy atom. The maximum Gasteiger partial charge on any atom is 0.239 e. The zero-order chi connectivity index (χ0) is 12.4. The smallest absolute Gasteiger partial charge is 0.239 e. The number of amides is 1. The van der Waals surface area contributed by atoms with E-state index in [9.17, 15) is 4.79 Å². The summed E-state index contributed by atoms with van der Waals surface area (Å²) in [6.45, 7) is 4.54. The van der Waals surface area contributed by atoms with Gasteiger partial charge in [-0.1, -0.05) is 0 Å². The Kier molecular flexibility index (Phi) is 3.68. The Labute approximate surface area is 103 Å². The van der Waals surface area contributed by atoms with Crippen LogP contribution in [0, 0.1) is 23.2 Å². The summed E-state index contributed by atoms with van der Waals surface area (Å²) in [5.74, 6) is 0.129. The van der Waals surface area contributed by atoms with E-state index in [4.69, 9.17) is 5.26 Å². The average Bonchev–Trinajstić information content (AvgIpc) is 2.37. The first kappa shape index (κ1) is 12.4. The normalized spacial score (nSPS) is 31.5. The molecule has 1 amide bonds. The lowest BCUT2D eigenvalue weighted by Crippen LogP contribution is -2.54. The first-order chi connectivity index (χ1) is 8.13. The zero-order valence-corrected chi connectivity index (χ0v) is 10.7. The molecule has 0 saturated carbocycles. The molecule has 2 rings (SSSR count). The number of rotatable bonds is 1. The monoisotopic (exact) mass is 235 g/mol. The predicted molar refractivity (Wildman–Crippen MR) is 65.1 cm³/mol. The van der Waals surface area contributed by atoms with Gasteiger partial charge >= 0.3 is 0 Å². The summed E-state index contributed by atoms with van der Waals surface area (Å²) in [5, 5.41) is 8.80. The summed E-state index contributed by atoms with van der Waals surface area (Å²) in [7, 11) is 2.19. The highest BCUT2D eigenvalue weighted by Crippen LogP contribution is 2.29. The summed E-state index contributed by atoms with van der Waals surface area (Å²) >= 11 is 0. The van der Waals surface area contributed by atoms with E-state index in [0.29, 0.717) is 12.0 Å². The second kappa shape index (κ2) is 5.05. The molecule has 3 atom stereocenters. The highest BCUT2D eigenvalue weighted by atomic mass is 16.2. The number of hydrogen-bond donors (Lipinski definition) is 0. The van der Waals surface area contributed by atoms with Gasteiger partial charge in [0.25, 0.3) is 0 Å². The molecule has 4 nitrogen and oxygen atoms in total. The molecule has 4 heteroatoms. The maximum atomic E-state index is 12.0. The van der Waals surface area contributed by atoms with E-state index in [1.165, 1.54) is 19.4 Å². The summed E-state index contributed by atoms with van der Waals surface area (Å²) in [5.41, 5.74) is 0. The molecular formula is C13H21N3O. The van der Waals surface area contributed by atoms with E-state index in [1.54, 1.807) is 6.92 Å². The Hall–Kier alpha value is -1.08. The van der Waals surface area contributed by atoms with Crippen LogP contribution in [0.4, 0.5) is 0 Å². The van der Waals surface area contributed by atoms with Gasteiger partial charge in [0.1, 0.15) is 5.92 Å². The minimum atomic E-state index is -0.493. The molecule has 17 heavy (non-hydrogen) atoms. The van der Waals surface area contributed by atoms with Gasteiger partial charge in [-0.05, 0) is 45.7 Å². The molecule has 2 fully saturated rings. The van der Waals surface area contributed by atoms with Crippen molar-refractivity contribution >= 4 is 5.91 Å². The SMILES string of the molecule is CC(C#N)C(=O)N1CCC2C(CCCN2C)C1. The predicted octanol–water partition coefficient (Wildman–Crippen LogP) is 1.09. The van der Waals surface area contributed by atoms with Gasteiger partial charge in [0, 0.05) is 19.1 Å². The molecule has 0 spiro atoms. The summed E-state index contributed by atoms with van der Waals surface area (Å²) in [6, 6.07) is 2.68. The van der Waals surface area contributed by atoms with Crippen molar-refractivity contribution in [2.75, 3.05) is 26.7 Å². The van der Waals surface area contributed by atoms with E-state index in [1.807, 2.05) is 11.0 Å². The lowest BCUT2D eigenvalue weighted by Gasteiger charge is -2.46. The summed E-state index contributed by atoms with van der Waals surface area (Å²) < 4.78 is 0. The lowest BCUT2D eigenvalue weighted by molar-refractivity contribution is -0.136. The second-order valence-electron chi connectivity index (χ2n) is 5.37. The van der Waals surface area contributed by atoms with Crippen molar-refractivity contribution in [3.63, 3.8) is 0 Å². The molecule has 0 aromatic rings. The Balaban J connectivity index is 1.98. The third-order valence-electron chi connectivity index (χ3n) is 4.22. The molecule has 94 valence electrons. The molecular weight excluding hydrogens is 214 g/mol. The van der Waals surface area contributed by atoms with Gasteiger partial charge in [0.05, 0.1) is 6.07 Å². The quantitative estimate of drug-likeness (QED) is 0.683. The van der Waals surface area contributed by atoms with Gasteiger partial charge in [-0.25, -0.2) is 0 Å². The van der Waals surface area contributed by atoms with Gasteiger partial charge in [0.2, 0.25) is 5.91 Å². The molecule has 0 N–H and O–H groups in total. The number of carbonyl (C=O) groups excluding carboxylic acids is 1. The molecule has 0 aromatic heterocycles. The summed E-state index contributed by atoms with van der Waals surface area (Å²) in [4.78, 5) is 16.3. The number of nitrogens with zero attached hydrogens (tertiary/aromatic N) is 3. The summed E-state index contributed by atoms with van der Waals surface area (Å²) in [6.07, 6.45) is 3.51. The molecule has 2 heterocycles. The van der Waals surface area contributed by atoms with Gasteiger partial charge < -0.3 is 9.80 Å². The van der Waals surface area contributed by atoms with Crippen LogP contribution in [-0.2, 0) is 4.79 Å². The fourth-order valence-corrected chi connectivity index (χ4v) is 3.18. The fraction of sp³-hybridized carbons (Fsp3) is 0.846. The number of hydrogen-bond acceptors (Lipinski definition) is 3. The van der Waals surface area contributed by atoms with E-state index in [0.717, 1.165) is 19.5 Å². The molecule has 2 aliphatic heterocycles. The molecule has 0 bridgehead atoms. The fourth-order valence-electron chi connectivity index (χ4n) is 3.18. The molecule has 3 unspecified atom stereocenters. The van der Waals surface area contributed by atoms with E-state index in [2.05, 4.69) is 11.9 Å². The molecule has 2 saturated heterocycles. The van der Waals surface area contributed by atoms with Gasteiger partial charge in [0.15, 0.2) is 0 Å². The number of piperidine rings is 2. The van der Waals surface area contributed by atoms with Crippen LogP contribution in [0.5, 0.6) is 0 Å². The van der Waals surface area contributed by atoms with Gasteiger partial charge in [-0.3, -0.25) is 4.79 Å². The maximum absolute atomic E-state index is 12.0. The third kappa shape index (κ3) is 2.44. The van der Waals surface area contributed by atoms with Gasteiger partial charge in [-0.2, -0.15) is 5.26 Å². The van der Waals surface area contributed by atoms with Crippen molar-refractivity contribution in [2.45, 2.75) is 32.2 Å². The largest absolute Gasteiger partial charge is 0.341 e. The van der Waals surface area contributed by atoms with Crippen LogP contribution in [0.3, 0.4) is 0 Å². The van der Waals surface area contributed by atoms with Crippen molar-refractivity contribution in [3.8, 4) is 6.07 Å². The number of likely N-dealkylation sites (tertiary alicyclic amines) is 2. The number of fused-ring (bicyclic) bond motifs is 1. The van der Waals surface area contributed by atoms with Crippen LogP contribution in [0.15, 0.2) is 0 Å². The minimum Gasteiger partial charge on any atom is -0.341 e. The highest BCUT2D eigenvalue weighted by Gasteiger charge is 2.36. The Morgan fingerprint density at radius 3 is 2.88 bits per heavy atom. The topological polar surface area (TPSA) is 47.3 Å². The molecule has 0 aliphatic carbocycles. The van der Waals surface area contributed by atoms with Crippen molar-refractivity contribution in [1.29, 1.82) is 5.26 Å². The number of carbonyl (C=O) groups is 1. The van der Waals surface area contributed by atoms with E-state index >= 15 is 0 Å². The van der Waals surface area contributed by atoms with Crippen LogP contribution in [0.25, 0.3) is 0 Å². The molecule has 0 aromatic carbocycles. The van der Waals surface area contributed by atoms with Crippen LogP contribution in [0.1, 0.15) is 26.2 Å². The van der Waals surface area contributed by atoms with Crippen LogP contribution >= 0.6 is 0 Å². The highest BCUT2D eigenvalue weighted by molar-refractivity contribution is 5.80. The van der Waals surface area contributed by atoms with Crippen molar-refractivity contribution in [2.24, 2.45) is 11.8 Å². The molecule has 0 radical (unpaired) electrons. The second-order valence-corrected chi connectivity index (χ2v) is 5.37. The average molecular weight is 235 g/mol. The van der Waals surface area contributed by atoms with E-state index in [-0.39, 0.29) is 5.91 Å². The van der Waals surface area contributed by atoms with Crippen LogP contribution < -0.4 is 0 Å². The molecule has 2 aliphatic rings. The van der Waals surface area contributed by atoms with Crippen molar-refractivity contribution < 1.29 is 4.79 Å². The standard InChI is InChI=1S/C13H21N3O/c1-10(8-14)13(17)16-7-5-12-11(9-16)4-3-6-15(12)2/h10-12H,3-7,9H2,1-2H3. The Bertz CT molecular complexity index is 336. The Morgan fingerprint density at radius 2 is 2.18 bits per heavy atom. The third-order valence-corrected chi connectivity index (χ3v) is 4.22. The van der Waals surface area contributed by atoms with Crippen LogP contribution in [-0.4, -0.2) is 48.4 Å². The number of nitriles is 1. The van der Waals surface area contributed by atoms with Crippen molar-refractivity contribution in [1.82, 2.24) is 9.80 Å². The van der Waals surface area contributed by atoms with Crippen LogP contribution in [0.2, 0.25) is 0 Å². The lowest BCUT2D eigenvalue weighted by atomic mass is 9.84. The first-order valence-electron chi connectivity index (χ1n) is 6.52. The van der Waals surface area contributed by atoms with E-state index < -0.39 is 5.92 Å². The zero-order valence-electron chi connectivity index (χ0n) is 10.7. The first-order valence-corrected chi connectivity index (χ1v) is 6.52.